The second-order valence-corrected chi connectivity index (χ2v) is 4.25. The van der Waals surface area contributed by atoms with Gasteiger partial charge in [-0.1, -0.05) is 23.2 Å². The summed E-state index contributed by atoms with van der Waals surface area (Å²) in [5.74, 6) is -0.512. The summed E-state index contributed by atoms with van der Waals surface area (Å²) in [4.78, 5) is 24.1. The number of nitrogens with one attached hydrogen (secondary N) is 2. The van der Waals surface area contributed by atoms with Gasteiger partial charge < -0.3 is 4.90 Å². The number of hydrogen-bond donors (Lipinski definition) is 2. The molecule has 2 N–H and O–H groups in total. The van der Waals surface area contributed by atoms with E-state index >= 15 is 0 Å². The number of urea groups is 1. The lowest BCUT2D eigenvalue weighted by Gasteiger charge is -2.13. The fourth-order valence-corrected chi connectivity index (χ4v) is 1.46. The van der Waals surface area contributed by atoms with Crippen LogP contribution >= 0.6 is 23.2 Å². The zero-order chi connectivity index (χ0) is 13.0. The molecule has 1 rings (SSSR count). The van der Waals surface area contributed by atoms with Crippen molar-refractivity contribution in [2.45, 2.75) is 0 Å². The van der Waals surface area contributed by atoms with Crippen LogP contribution in [0.2, 0.25) is 10.0 Å². The zero-order valence-corrected chi connectivity index (χ0v) is 10.8. The van der Waals surface area contributed by atoms with Gasteiger partial charge in [0.1, 0.15) is 0 Å². The predicted molar refractivity (Wildman–Crippen MR) is 66.1 cm³/mol. The van der Waals surface area contributed by atoms with Crippen LogP contribution in [0.5, 0.6) is 0 Å². The van der Waals surface area contributed by atoms with Crippen molar-refractivity contribution in [1.82, 2.24) is 15.8 Å². The maximum atomic E-state index is 11.6. The number of amides is 3. The first-order valence-corrected chi connectivity index (χ1v) is 5.40. The summed E-state index contributed by atoms with van der Waals surface area (Å²) in [6.45, 7) is 0. The van der Waals surface area contributed by atoms with Gasteiger partial charge in [0.15, 0.2) is 0 Å². The molecule has 3 amide bonds. The van der Waals surface area contributed by atoms with Crippen LogP contribution in [0.3, 0.4) is 0 Å². The van der Waals surface area contributed by atoms with Crippen LogP contribution in [0.4, 0.5) is 4.79 Å². The van der Waals surface area contributed by atoms with Crippen molar-refractivity contribution in [3.05, 3.63) is 33.8 Å². The van der Waals surface area contributed by atoms with Gasteiger partial charge in [-0.25, -0.2) is 10.2 Å². The van der Waals surface area contributed by atoms with Crippen LogP contribution in [0.15, 0.2) is 18.2 Å². The molecule has 0 bridgehead atoms. The fourth-order valence-electron chi connectivity index (χ4n) is 0.963. The molecule has 1 aromatic carbocycles. The number of rotatable bonds is 1. The minimum Gasteiger partial charge on any atom is -0.330 e. The van der Waals surface area contributed by atoms with Gasteiger partial charge in [-0.05, 0) is 18.2 Å². The second kappa shape index (κ2) is 5.75. The number of hydrogen-bond acceptors (Lipinski definition) is 2. The van der Waals surface area contributed by atoms with Crippen LogP contribution in [0, 0.1) is 0 Å². The third-order valence-electron chi connectivity index (χ3n) is 1.86. The summed E-state index contributed by atoms with van der Waals surface area (Å²) in [5.41, 5.74) is 4.68. The van der Waals surface area contributed by atoms with E-state index in [1.165, 1.54) is 23.1 Å². The largest absolute Gasteiger partial charge is 0.335 e. The summed E-state index contributed by atoms with van der Waals surface area (Å²) in [7, 11) is 3.10. The van der Waals surface area contributed by atoms with Gasteiger partial charge in [-0.3, -0.25) is 10.2 Å². The van der Waals surface area contributed by atoms with Gasteiger partial charge in [0.2, 0.25) is 0 Å². The summed E-state index contributed by atoms with van der Waals surface area (Å²) in [5, 5.41) is 0.651. The third kappa shape index (κ3) is 3.80. The molecule has 17 heavy (non-hydrogen) atoms. The molecule has 0 aromatic heterocycles. The Hall–Kier alpha value is -1.46. The standard InChI is InChI=1S/C10H11Cl2N3O2/c1-15(2)10(17)14-13-9(16)7-4-3-6(11)5-8(7)12/h3-5H,1-2H3,(H,13,16)(H,14,17). The topological polar surface area (TPSA) is 61.4 Å². The zero-order valence-electron chi connectivity index (χ0n) is 9.25. The molecule has 0 aliphatic carbocycles. The number of halogens is 2. The summed E-state index contributed by atoms with van der Waals surface area (Å²) < 4.78 is 0. The highest BCUT2D eigenvalue weighted by Crippen LogP contribution is 2.20. The molecule has 7 heteroatoms. The maximum Gasteiger partial charge on any atom is 0.335 e. The Morgan fingerprint density at radius 1 is 1.18 bits per heavy atom. The van der Waals surface area contributed by atoms with Gasteiger partial charge in [0, 0.05) is 19.1 Å². The Morgan fingerprint density at radius 2 is 1.82 bits per heavy atom. The molecule has 5 nitrogen and oxygen atoms in total. The smallest absolute Gasteiger partial charge is 0.330 e. The van der Waals surface area contributed by atoms with E-state index in [4.69, 9.17) is 23.2 Å². The Balaban J connectivity index is 2.68. The SMILES string of the molecule is CN(C)C(=O)NNC(=O)c1ccc(Cl)cc1Cl. The molecule has 0 atom stereocenters. The van der Waals surface area contributed by atoms with Crippen molar-refractivity contribution in [1.29, 1.82) is 0 Å². The summed E-state index contributed by atoms with van der Waals surface area (Å²) in [6.07, 6.45) is 0. The van der Waals surface area contributed by atoms with E-state index in [0.29, 0.717) is 5.02 Å². The average molecular weight is 276 g/mol. The Labute approximate surface area is 109 Å². The van der Waals surface area contributed by atoms with E-state index in [1.54, 1.807) is 14.1 Å². The van der Waals surface area contributed by atoms with Crippen LogP contribution in [-0.4, -0.2) is 30.9 Å². The molecule has 1 aromatic rings. The van der Waals surface area contributed by atoms with E-state index in [0.717, 1.165) is 0 Å². The monoisotopic (exact) mass is 275 g/mol. The van der Waals surface area contributed by atoms with Crippen LogP contribution in [0.1, 0.15) is 10.4 Å². The quantitative estimate of drug-likeness (QED) is 0.770. The third-order valence-corrected chi connectivity index (χ3v) is 2.41. The van der Waals surface area contributed by atoms with Gasteiger partial charge in [0.05, 0.1) is 10.6 Å². The van der Waals surface area contributed by atoms with Crippen molar-refractivity contribution in [2.75, 3.05) is 14.1 Å². The van der Waals surface area contributed by atoms with Gasteiger partial charge in [-0.15, -0.1) is 0 Å². The molecule has 0 saturated heterocycles. The lowest BCUT2D eigenvalue weighted by molar-refractivity contribution is 0.0933. The molecule has 0 spiro atoms. The van der Waals surface area contributed by atoms with Crippen molar-refractivity contribution >= 4 is 35.1 Å². The molecule has 0 unspecified atom stereocenters. The second-order valence-electron chi connectivity index (χ2n) is 3.40. The lowest BCUT2D eigenvalue weighted by atomic mass is 10.2. The van der Waals surface area contributed by atoms with Gasteiger partial charge in [0.25, 0.3) is 5.91 Å². The van der Waals surface area contributed by atoms with Crippen LogP contribution in [-0.2, 0) is 0 Å². The molecule has 92 valence electrons. The Kier molecular flexibility index (Phi) is 4.60. The van der Waals surface area contributed by atoms with Crippen molar-refractivity contribution in [2.24, 2.45) is 0 Å². The number of benzene rings is 1. The summed E-state index contributed by atoms with van der Waals surface area (Å²) in [6, 6.07) is 4.02. The van der Waals surface area contributed by atoms with E-state index < -0.39 is 11.9 Å². The summed E-state index contributed by atoms with van der Waals surface area (Å²) >= 11 is 11.5. The first kappa shape index (κ1) is 13.6. The molecule has 0 aliphatic heterocycles. The minimum absolute atomic E-state index is 0.217. The lowest BCUT2D eigenvalue weighted by Crippen LogP contribution is -2.46. The highest BCUT2D eigenvalue weighted by molar-refractivity contribution is 6.36. The number of nitrogens with zero attached hydrogens (tertiary/aromatic N) is 1. The van der Waals surface area contributed by atoms with Crippen LogP contribution < -0.4 is 10.9 Å². The number of carbonyl (C=O) groups is 2. The molecule has 0 aliphatic rings. The number of carbonyl (C=O) groups excluding carboxylic acids is 2. The van der Waals surface area contributed by atoms with Crippen molar-refractivity contribution in [3.63, 3.8) is 0 Å². The van der Waals surface area contributed by atoms with Gasteiger partial charge >= 0.3 is 6.03 Å². The van der Waals surface area contributed by atoms with Crippen LogP contribution in [0.25, 0.3) is 0 Å². The molecule has 0 fully saturated rings. The number of hydrazine groups is 1. The molecule has 0 radical (unpaired) electrons. The van der Waals surface area contributed by atoms with E-state index in [9.17, 15) is 9.59 Å². The first-order valence-electron chi connectivity index (χ1n) is 4.64. The average Bonchev–Trinajstić information content (AvgIpc) is 2.25. The Bertz CT molecular complexity index is 449. The van der Waals surface area contributed by atoms with Crippen molar-refractivity contribution in [3.8, 4) is 0 Å². The fraction of sp³-hybridized carbons (Fsp3) is 0.200. The van der Waals surface area contributed by atoms with E-state index in [-0.39, 0.29) is 10.6 Å². The molecule has 0 saturated carbocycles. The normalized spacial score (nSPS) is 9.65. The van der Waals surface area contributed by atoms with Crippen molar-refractivity contribution < 1.29 is 9.59 Å². The van der Waals surface area contributed by atoms with Gasteiger partial charge in [-0.2, -0.15) is 0 Å². The maximum absolute atomic E-state index is 11.6. The predicted octanol–water partition coefficient (Wildman–Crippen LogP) is 1.91. The Morgan fingerprint density at radius 3 is 2.35 bits per heavy atom. The molecular weight excluding hydrogens is 265 g/mol. The highest BCUT2D eigenvalue weighted by atomic mass is 35.5. The molecular formula is C10H11Cl2N3O2. The van der Waals surface area contributed by atoms with E-state index in [2.05, 4.69) is 10.9 Å². The first-order chi connectivity index (χ1) is 7.91. The highest BCUT2D eigenvalue weighted by Gasteiger charge is 2.11. The molecule has 0 heterocycles. The van der Waals surface area contributed by atoms with E-state index in [1.807, 2.05) is 0 Å². The minimum atomic E-state index is -0.512.